The minimum atomic E-state index is -0.680. The van der Waals surface area contributed by atoms with Crippen LogP contribution < -0.4 is 10.1 Å². The molecule has 2 atom stereocenters. The molecule has 0 aromatic heterocycles. The van der Waals surface area contributed by atoms with E-state index in [1.165, 1.54) is 0 Å². The lowest BCUT2D eigenvalue weighted by Gasteiger charge is -2.42. The largest absolute Gasteiger partial charge is 0.485 e. The van der Waals surface area contributed by atoms with E-state index < -0.39 is 11.7 Å². The topological polar surface area (TPSA) is 68.5 Å². The number of nitrogens with zero attached hydrogens (tertiary/aromatic N) is 2. The molecule has 1 heterocycles. The van der Waals surface area contributed by atoms with Crippen molar-refractivity contribution in [1.82, 2.24) is 10.2 Å². The van der Waals surface area contributed by atoms with Gasteiger partial charge in [-0.25, -0.2) is 0 Å². The number of hydrogen-bond donors (Lipinski definition) is 2. The van der Waals surface area contributed by atoms with Crippen molar-refractivity contribution in [1.29, 1.82) is 5.26 Å². The predicted molar refractivity (Wildman–Crippen MR) is 81.2 cm³/mol. The van der Waals surface area contributed by atoms with E-state index >= 15 is 0 Å². The fourth-order valence-electron chi connectivity index (χ4n) is 2.53. The lowest BCUT2D eigenvalue weighted by molar-refractivity contribution is -0.0646. The molecule has 2 N–H and O–H groups in total. The van der Waals surface area contributed by atoms with Crippen LogP contribution in [0.4, 0.5) is 0 Å². The molecule has 5 nitrogen and oxygen atoms in total. The first kappa shape index (κ1) is 15.8. The van der Waals surface area contributed by atoms with Crippen LogP contribution in [0.25, 0.3) is 0 Å². The molecule has 21 heavy (non-hydrogen) atoms. The van der Waals surface area contributed by atoms with E-state index in [0.29, 0.717) is 5.56 Å². The van der Waals surface area contributed by atoms with Crippen molar-refractivity contribution in [3.05, 3.63) is 29.3 Å². The second-order valence-corrected chi connectivity index (χ2v) is 6.25. The van der Waals surface area contributed by atoms with Gasteiger partial charge in [-0.15, -0.1) is 0 Å². The molecule has 1 aliphatic heterocycles. The second kappa shape index (κ2) is 6.02. The Morgan fingerprint density at radius 2 is 2.14 bits per heavy atom. The molecule has 1 aliphatic rings. The number of rotatable bonds is 4. The van der Waals surface area contributed by atoms with E-state index in [4.69, 9.17) is 10.00 Å². The Kier molecular flexibility index (Phi) is 4.52. The molecular weight excluding hydrogens is 266 g/mol. The third kappa shape index (κ3) is 3.35. The summed E-state index contributed by atoms with van der Waals surface area (Å²) < 4.78 is 5.88. The standard InChI is InChI=1S/C16H23N3O2/c1-16(2)15(20)14(18-7-8-19(3)4)12-9-11(10-17)5-6-13(12)21-16/h5-6,9,14-15,18,20H,7-8H2,1-4H3/t14-,15+/m1/s1. The zero-order valence-corrected chi connectivity index (χ0v) is 13.1. The molecule has 0 saturated carbocycles. The number of nitriles is 1. The fraction of sp³-hybridized carbons (Fsp3) is 0.562. The Morgan fingerprint density at radius 3 is 2.76 bits per heavy atom. The Morgan fingerprint density at radius 1 is 1.43 bits per heavy atom. The third-order valence-electron chi connectivity index (χ3n) is 3.80. The average molecular weight is 289 g/mol. The molecule has 114 valence electrons. The highest BCUT2D eigenvalue weighted by atomic mass is 16.5. The number of aliphatic hydroxyl groups excluding tert-OH is 1. The SMILES string of the molecule is CN(C)CCN[C@@H]1c2cc(C#N)ccc2OC(C)(C)[C@H]1O. The maximum Gasteiger partial charge on any atom is 0.131 e. The van der Waals surface area contributed by atoms with Crippen molar-refractivity contribution in [2.24, 2.45) is 0 Å². The minimum Gasteiger partial charge on any atom is -0.485 e. The number of nitrogens with one attached hydrogen (secondary N) is 1. The monoisotopic (exact) mass is 289 g/mol. The maximum atomic E-state index is 10.6. The molecule has 0 bridgehead atoms. The van der Waals surface area contributed by atoms with E-state index in [1.54, 1.807) is 12.1 Å². The van der Waals surface area contributed by atoms with E-state index in [0.717, 1.165) is 24.4 Å². The van der Waals surface area contributed by atoms with Crippen LogP contribution in [0.15, 0.2) is 18.2 Å². The van der Waals surface area contributed by atoms with Crippen LogP contribution in [-0.2, 0) is 0 Å². The molecular formula is C16H23N3O2. The number of aliphatic hydroxyl groups is 1. The summed E-state index contributed by atoms with van der Waals surface area (Å²) in [6, 6.07) is 7.24. The quantitative estimate of drug-likeness (QED) is 0.874. The maximum absolute atomic E-state index is 10.6. The van der Waals surface area contributed by atoms with E-state index in [1.807, 2.05) is 34.0 Å². The molecule has 0 radical (unpaired) electrons. The van der Waals surface area contributed by atoms with Crippen LogP contribution >= 0.6 is 0 Å². The van der Waals surface area contributed by atoms with Crippen LogP contribution in [0.5, 0.6) is 5.75 Å². The normalized spacial score (nSPS) is 23.3. The third-order valence-corrected chi connectivity index (χ3v) is 3.80. The second-order valence-electron chi connectivity index (χ2n) is 6.25. The zero-order chi connectivity index (χ0) is 15.6. The number of likely N-dealkylation sites (N-methyl/N-ethyl adjacent to an activating group) is 1. The molecule has 0 fully saturated rings. The summed E-state index contributed by atoms with van der Waals surface area (Å²) in [6.07, 6.45) is -0.680. The van der Waals surface area contributed by atoms with Gasteiger partial charge in [0.15, 0.2) is 0 Å². The molecule has 1 aromatic rings. The number of ether oxygens (including phenoxy) is 1. The van der Waals surface area contributed by atoms with E-state index in [9.17, 15) is 5.11 Å². The van der Waals surface area contributed by atoms with Gasteiger partial charge in [-0.1, -0.05) is 0 Å². The Bertz CT molecular complexity index is 549. The summed E-state index contributed by atoms with van der Waals surface area (Å²) in [5.74, 6) is 0.728. The van der Waals surface area contributed by atoms with Crippen molar-refractivity contribution >= 4 is 0 Å². The smallest absolute Gasteiger partial charge is 0.131 e. The molecule has 0 unspecified atom stereocenters. The first-order valence-corrected chi connectivity index (χ1v) is 7.14. The lowest BCUT2D eigenvalue weighted by atomic mass is 9.86. The molecule has 0 spiro atoms. The van der Waals surface area contributed by atoms with Crippen LogP contribution in [0.3, 0.4) is 0 Å². The number of fused-ring (bicyclic) bond motifs is 1. The van der Waals surface area contributed by atoms with Crippen molar-refractivity contribution in [3.8, 4) is 11.8 Å². The highest BCUT2D eigenvalue weighted by molar-refractivity contribution is 5.46. The molecule has 0 aliphatic carbocycles. The Hall–Kier alpha value is -1.61. The molecule has 1 aromatic carbocycles. The molecule has 5 heteroatoms. The van der Waals surface area contributed by atoms with Crippen LogP contribution in [-0.4, -0.2) is 48.9 Å². The lowest BCUT2D eigenvalue weighted by Crippen LogP contribution is -2.53. The predicted octanol–water partition coefficient (Wildman–Crippen LogP) is 1.28. The van der Waals surface area contributed by atoms with Crippen LogP contribution in [0, 0.1) is 11.3 Å². The highest BCUT2D eigenvalue weighted by Crippen LogP contribution is 2.40. The summed E-state index contributed by atoms with van der Waals surface area (Å²) in [4.78, 5) is 2.08. The van der Waals surface area contributed by atoms with Gasteiger partial charge >= 0.3 is 0 Å². The Balaban J connectivity index is 2.30. The summed E-state index contributed by atoms with van der Waals surface area (Å²) in [5, 5.41) is 23.0. The van der Waals surface area contributed by atoms with Gasteiger partial charge in [0.25, 0.3) is 0 Å². The summed E-state index contributed by atoms with van der Waals surface area (Å²) in [6.45, 7) is 5.37. The summed E-state index contributed by atoms with van der Waals surface area (Å²) in [5.41, 5.74) is 0.750. The van der Waals surface area contributed by atoms with Gasteiger partial charge in [0.2, 0.25) is 0 Å². The average Bonchev–Trinajstić information content (AvgIpc) is 2.42. The Labute approximate surface area is 126 Å². The van der Waals surface area contributed by atoms with Crippen molar-refractivity contribution < 1.29 is 9.84 Å². The molecule has 2 rings (SSSR count). The summed E-state index contributed by atoms with van der Waals surface area (Å²) in [7, 11) is 4.02. The van der Waals surface area contributed by atoms with Crippen molar-refractivity contribution in [3.63, 3.8) is 0 Å². The molecule has 0 amide bonds. The molecule has 0 saturated heterocycles. The fourth-order valence-corrected chi connectivity index (χ4v) is 2.53. The highest BCUT2D eigenvalue weighted by Gasteiger charge is 2.42. The van der Waals surface area contributed by atoms with E-state index in [2.05, 4.69) is 16.3 Å². The van der Waals surface area contributed by atoms with Crippen LogP contribution in [0.2, 0.25) is 0 Å². The van der Waals surface area contributed by atoms with Gasteiger partial charge in [0.05, 0.1) is 17.7 Å². The van der Waals surface area contributed by atoms with Gasteiger partial charge in [-0.2, -0.15) is 5.26 Å². The summed E-state index contributed by atoms with van der Waals surface area (Å²) >= 11 is 0. The minimum absolute atomic E-state index is 0.239. The van der Waals surface area contributed by atoms with Crippen LogP contribution in [0.1, 0.15) is 31.0 Å². The first-order chi connectivity index (χ1) is 9.85. The van der Waals surface area contributed by atoms with Crippen molar-refractivity contribution in [2.75, 3.05) is 27.2 Å². The van der Waals surface area contributed by atoms with Gasteiger partial charge in [0, 0.05) is 18.7 Å². The number of hydrogen-bond acceptors (Lipinski definition) is 5. The van der Waals surface area contributed by atoms with Gasteiger partial charge < -0.3 is 20.1 Å². The van der Waals surface area contributed by atoms with E-state index in [-0.39, 0.29) is 6.04 Å². The zero-order valence-electron chi connectivity index (χ0n) is 13.1. The van der Waals surface area contributed by atoms with Gasteiger partial charge in [-0.05, 0) is 46.1 Å². The number of benzene rings is 1. The van der Waals surface area contributed by atoms with Crippen molar-refractivity contribution in [2.45, 2.75) is 31.6 Å². The first-order valence-electron chi connectivity index (χ1n) is 7.14. The van der Waals surface area contributed by atoms with Gasteiger partial charge in [-0.3, -0.25) is 0 Å². The van der Waals surface area contributed by atoms with Gasteiger partial charge in [0.1, 0.15) is 17.5 Å².